The van der Waals surface area contributed by atoms with Crippen molar-refractivity contribution in [3.8, 4) is 0 Å². The van der Waals surface area contributed by atoms with Crippen LogP contribution in [0.1, 0.15) is 25.7 Å². The smallest absolute Gasteiger partial charge is 0.214 e. The van der Waals surface area contributed by atoms with E-state index in [1.165, 1.54) is 6.07 Å². The first-order valence-corrected chi connectivity index (χ1v) is 5.70. The van der Waals surface area contributed by atoms with E-state index in [-0.39, 0.29) is 0 Å². The van der Waals surface area contributed by atoms with Gasteiger partial charge in [-0.3, -0.25) is 0 Å². The van der Waals surface area contributed by atoms with E-state index in [0.29, 0.717) is 18.0 Å². The Hall–Kier alpha value is -1.16. The molecule has 1 N–H and O–H groups in total. The van der Waals surface area contributed by atoms with Crippen LogP contribution in [0, 0.1) is 5.95 Å². The van der Waals surface area contributed by atoms with Gasteiger partial charge in [-0.2, -0.15) is 4.39 Å². The Morgan fingerprint density at radius 1 is 1.31 bits per heavy atom. The second kappa shape index (κ2) is 5.25. The first-order chi connectivity index (χ1) is 7.78. The number of pyridine rings is 1. The summed E-state index contributed by atoms with van der Waals surface area (Å²) in [4.78, 5) is 3.80. The standard InChI is InChI=1S/C12H17FN2O/c1-16-10-7-5-9(6-8-10)14-12-4-2-3-11(13)15-12/h2-4,9-10H,5-8H2,1H3,(H,14,15). The van der Waals surface area contributed by atoms with Gasteiger partial charge in [-0.15, -0.1) is 0 Å². The van der Waals surface area contributed by atoms with E-state index in [4.69, 9.17) is 4.74 Å². The Morgan fingerprint density at radius 2 is 2.06 bits per heavy atom. The maximum Gasteiger partial charge on any atom is 0.214 e. The molecular formula is C12H17FN2O. The number of methoxy groups -OCH3 is 1. The molecule has 1 saturated carbocycles. The first kappa shape index (κ1) is 11.3. The average molecular weight is 224 g/mol. The Morgan fingerprint density at radius 3 is 2.69 bits per heavy atom. The maximum atomic E-state index is 12.9. The molecule has 0 saturated heterocycles. The predicted octanol–water partition coefficient (Wildman–Crippen LogP) is 2.59. The molecule has 1 aromatic heterocycles. The van der Waals surface area contributed by atoms with Gasteiger partial charge in [0, 0.05) is 13.2 Å². The monoisotopic (exact) mass is 224 g/mol. The molecule has 3 nitrogen and oxygen atoms in total. The molecule has 0 aromatic carbocycles. The average Bonchev–Trinajstić information content (AvgIpc) is 2.30. The van der Waals surface area contributed by atoms with Crippen LogP contribution in [0.4, 0.5) is 10.2 Å². The lowest BCUT2D eigenvalue weighted by Crippen LogP contribution is -2.29. The summed E-state index contributed by atoms with van der Waals surface area (Å²) in [5, 5.41) is 3.26. The molecule has 0 atom stereocenters. The minimum Gasteiger partial charge on any atom is -0.381 e. The van der Waals surface area contributed by atoms with Crippen molar-refractivity contribution < 1.29 is 9.13 Å². The van der Waals surface area contributed by atoms with E-state index in [1.54, 1.807) is 19.2 Å². The van der Waals surface area contributed by atoms with Crippen LogP contribution < -0.4 is 5.32 Å². The maximum absolute atomic E-state index is 12.9. The SMILES string of the molecule is COC1CCC(Nc2cccc(F)n2)CC1. The molecule has 0 radical (unpaired) electrons. The van der Waals surface area contributed by atoms with E-state index >= 15 is 0 Å². The van der Waals surface area contributed by atoms with Gasteiger partial charge in [0.2, 0.25) is 5.95 Å². The van der Waals surface area contributed by atoms with E-state index in [0.717, 1.165) is 25.7 Å². The summed E-state index contributed by atoms with van der Waals surface area (Å²) in [6.07, 6.45) is 4.61. The molecule has 0 bridgehead atoms. The van der Waals surface area contributed by atoms with Gasteiger partial charge in [0.25, 0.3) is 0 Å². The van der Waals surface area contributed by atoms with Gasteiger partial charge in [0.15, 0.2) is 0 Å². The van der Waals surface area contributed by atoms with Crippen LogP contribution in [0.25, 0.3) is 0 Å². The van der Waals surface area contributed by atoms with Crippen molar-refractivity contribution in [2.24, 2.45) is 0 Å². The molecule has 0 aliphatic heterocycles. The molecule has 1 heterocycles. The van der Waals surface area contributed by atoms with Crippen LogP contribution in [0.15, 0.2) is 18.2 Å². The van der Waals surface area contributed by atoms with Gasteiger partial charge in [-0.25, -0.2) is 4.98 Å². The van der Waals surface area contributed by atoms with Crippen molar-refractivity contribution >= 4 is 5.82 Å². The van der Waals surface area contributed by atoms with E-state index in [9.17, 15) is 4.39 Å². The van der Waals surface area contributed by atoms with Crippen molar-refractivity contribution in [2.75, 3.05) is 12.4 Å². The molecule has 88 valence electrons. The number of hydrogen-bond donors (Lipinski definition) is 1. The van der Waals surface area contributed by atoms with Gasteiger partial charge < -0.3 is 10.1 Å². The quantitative estimate of drug-likeness (QED) is 0.801. The van der Waals surface area contributed by atoms with Crippen molar-refractivity contribution in [1.82, 2.24) is 4.98 Å². The summed E-state index contributed by atoms with van der Waals surface area (Å²) in [6.45, 7) is 0. The van der Waals surface area contributed by atoms with Crippen LogP contribution in [-0.4, -0.2) is 24.2 Å². The lowest BCUT2D eigenvalue weighted by molar-refractivity contribution is 0.0681. The molecule has 2 rings (SSSR count). The zero-order valence-electron chi connectivity index (χ0n) is 9.45. The second-order valence-corrected chi connectivity index (χ2v) is 4.20. The topological polar surface area (TPSA) is 34.1 Å². The summed E-state index contributed by atoms with van der Waals surface area (Å²) < 4.78 is 18.2. The Labute approximate surface area is 95.0 Å². The second-order valence-electron chi connectivity index (χ2n) is 4.20. The summed E-state index contributed by atoms with van der Waals surface area (Å²) in [5.74, 6) is 0.191. The van der Waals surface area contributed by atoms with E-state index in [1.807, 2.05) is 0 Å². The van der Waals surface area contributed by atoms with Gasteiger partial charge in [0.1, 0.15) is 5.82 Å². The highest BCUT2D eigenvalue weighted by atomic mass is 19.1. The fraction of sp³-hybridized carbons (Fsp3) is 0.583. The largest absolute Gasteiger partial charge is 0.381 e. The fourth-order valence-corrected chi connectivity index (χ4v) is 2.14. The number of nitrogens with one attached hydrogen (secondary N) is 1. The van der Waals surface area contributed by atoms with Crippen molar-refractivity contribution in [3.63, 3.8) is 0 Å². The Kier molecular flexibility index (Phi) is 3.72. The molecular weight excluding hydrogens is 207 g/mol. The first-order valence-electron chi connectivity index (χ1n) is 5.70. The van der Waals surface area contributed by atoms with Gasteiger partial charge >= 0.3 is 0 Å². The van der Waals surface area contributed by atoms with Crippen LogP contribution in [0.5, 0.6) is 0 Å². The third-order valence-corrected chi connectivity index (χ3v) is 3.07. The summed E-state index contributed by atoms with van der Waals surface area (Å²) in [7, 11) is 1.76. The number of rotatable bonds is 3. The number of ether oxygens (including phenoxy) is 1. The van der Waals surface area contributed by atoms with Crippen LogP contribution in [-0.2, 0) is 4.74 Å². The summed E-state index contributed by atoms with van der Waals surface area (Å²) in [6, 6.07) is 5.21. The highest BCUT2D eigenvalue weighted by Crippen LogP contribution is 2.23. The third kappa shape index (κ3) is 2.92. The third-order valence-electron chi connectivity index (χ3n) is 3.07. The molecule has 0 amide bonds. The Bertz CT molecular complexity index is 338. The minimum atomic E-state index is -0.435. The number of hydrogen-bond acceptors (Lipinski definition) is 3. The molecule has 1 aliphatic carbocycles. The molecule has 1 fully saturated rings. The van der Waals surface area contributed by atoms with E-state index in [2.05, 4.69) is 10.3 Å². The Balaban J connectivity index is 1.87. The number of anilines is 1. The highest BCUT2D eigenvalue weighted by Gasteiger charge is 2.20. The number of aromatic nitrogens is 1. The summed E-state index contributed by atoms with van der Waals surface area (Å²) in [5.41, 5.74) is 0. The molecule has 0 unspecified atom stereocenters. The van der Waals surface area contributed by atoms with Crippen molar-refractivity contribution in [2.45, 2.75) is 37.8 Å². The van der Waals surface area contributed by atoms with Gasteiger partial charge in [0.05, 0.1) is 6.10 Å². The van der Waals surface area contributed by atoms with Gasteiger partial charge in [-0.1, -0.05) is 6.07 Å². The van der Waals surface area contributed by atoms with Crippen molar-refractivity contribution in [3.05, 3.63) is 24.1 Å². The predicted molar refractivity (Wildman–Crippen MR) is 60.9 cm³/mol. The van der Waals surface area contributed by atoms with Crippen LogP contribution >= 0.6 is 0 Å². The van der Waals surface area contributed by atoms with Gasteiger partial charge in [-0.05, 0) is 37.8 Å². The minimum absolute atomic E-state index is 0.388. The van der Waals surface area contributed by atoms with Crippen LogP contribution in [0.3, 0.4) is 0 Å². The summed E-state index contributed by atoms with van der Waals surface area (Å²) >= 11 is 0. The molecule has 4 heteroatoms. The van der Waals surface area contributed by atoms with E-state index < -0.39 is 5.95 Å². The molecule has 1 aromatic rings. The molecule has 1 aliphatic rings. The lowest BCUT2D eigenvalue weighted by Gasteiger charge is -2.28. The van der Waals surface area contributed by atoms with Crippen LogP contribution in [0.2, 0.25) is 0 Å². The highest BCUT2D eigenvalue weighted by molar-refractivity contribution is 5.34. The normalized spacial score (nSPS) is 25.4. The van der Waals surface area contributed by atoms with Crippen molar-refractivity contribution in [1.29, 1.82) is 0 Å². The molecule has 16 heavy (non-hydrogen) atoms. The molecule has 0 spiro atoms. The lowest BCUT2D eigenvalue weighted by atomic mass is 9.93. The zero-order chi connectivity index (χ0) is 11.4. The fourth-order valence-electron chi connectivity index (χ4n) is 2.14. The number of nitrogens with zero attached hydrogens (tertiary/aromatic N) is 1. The zero-order valence-corrected chi connectivity index (χ0v) is 9.45. The number of halogens is 1.